The molecule has 1 saturated carbocycles. The summed E-state index contributed by atoms with van der Waals surface area (Å²) in [4.78, 5) is 4.16. The molecule has 3 heteroatoms. The molecule has 2 aromatic rings. The smallest absolute Gasteiger partial charge is 0.0590 e. The highest BCUT2D eigenvalue weighted by Crippen LogP contribution is 2.47. The van der Waals surface area contributed by atoms with Gasteiger partial charge in [-0.2, -0.15) is 0 Å². The van der Waals surface area contributed by atoms with Gasteiger partial charge >= 0.3 is 0 Å². The molecule has 0 radical (unpaired) electrons. The molecule has 150 valence electrons. The van der Waals surface area contributed by atoms with E-state index in [1.54, 1.807) is 0 Å². The molecule has 2 aromatic carbocycles. The summed E-state index contributed by atoms with van der Waals surface area (Å²) >= 11 is 1.98. The van der Waals surface area contributed by atoms with E-state index in [4.69, 9.17) is 0 Å². The minimum atomic E-state index is -0.139. The van der Waals surface area contributed by atoms with Crippen LogP contribution in [-0.4, -0.2) is 29.2 Å². The molecule has 4 rings (SSSR count). The van der Waals surface area contributed by atoms with Gasteiger partial charge in [0.25, 0.3) is 0 Å². The van der Waals surface area contributed by atoms with Crippen LogP contribution in [-0.2, 0) is 11.3 Å². The monoisotopic (exact) mass is 395 g/mol. The second-order valence-corrected chi connectivity index (χ2v) is 9.66. The number of hydrogen-bond donors (Lipinski definition) is 1. The maximum Gasteiger partial charge on any atom is 0.0590 e. The Morgan fingerprint density at radius 2 is 1.71 bits per heavy atom. The molecule has 0 spiro atoms. The lowest BCUT2D eigenvalue weighted by molar-refractivity contribution is -0.0374. The van der Waals surface area contributed by atoms with E-state index in [0.29, 0.717) is 5.92 Å². The van der Waals surface area contributed by atoms with Gasteiger partial charge in [-0.25, -0.2) is 0 Å². The zero-order valence-electron chi connectivity index (χ0n) is 17.0. The molecule has 2 nitrogen and oxygen atoms in total. The molecular weight excluding hydrogens is 362 g/mol. The van der Waals surface area contributed by atoms with Crippen molar-refractivity contribution in [2.45, 2.75) is 67.7 Å². The van der Waals surface area contributed by atoms with E-state index < -0.39 is 0 Å². The Kier molecular flexibility index (Phi) is 6.45. The van der Waals surface area contributed by atoms with Crippen LogP contribution in [0.5, 0.6) is 0 Å². The second-order valence-electron chi connectivity index (χ2n) is 8.64. The molecular formula is C25H33NOS. The Morgan fingerprint density at radius 1 is 1.00 bits per heavy atom. The summed E-state index contributed by atoms with van der Waals surface area (Å²) < 4.78 is 0. The molecule has 1 aliphatic heterocycles. The average molecular weight is 396 g/mol. The number of thioether (sulfide) groups is 1. The lowest BCUT2D eigenvalue weighted by Crippen LogP contribution is -2.54. The zero-order valence-corrected chi connectivity index (χ0v) is 17.8. The Balaban J connectivity index is 1.63. The van der Waals surface area contributed by atoms with Crippen molar-refractivity contribution in [1.29, 1.82) is 0 Å². The highest BCUT2D eigenvalue weighted by Gasteiger charge is 2.43. The van der Waals surface area contributed by atoms with Crippen LogP contribution >= 0.6 is 11.8 Å². The molecule has 1 heterocycles. The number of nitrogens with zero attached hydrogens (tertiary/aromatic N) is 1. The van der Waals surface area contributed by atoms with Gasteiger partial charge in [-0.3, -0.25) is 4.90 Å². The summed E-state index contributed by atoms with van der Waals surface area (Å²) in [5, 5.41) is 10.3. The molecule has 2 atom stereocenters. The van der Waals surface area contributed by atoms with Crippen LogP contribution in [0.1, 0.15) is 56.6 Å². The summed E-state index contributed by atoms with van der Waals surface area (Å²) in [7, 11) is 0. The van der Waals surface area contributed by atoms with Crippen molar-refractivity contribution in [2.75, 3.05) is 13.1 Å². The van der Waals surface area contributed by atoms with Gasteiger partial charge in [0.05, 0.1) is 6.10 Å². The van der Waals surface area contributed by atoms with Crippen molar-refractivity contribution in [2.24, 2.45) is 5.92 Å². The average Bonchev–Trinajstić information content (AvgIpc) is 2.75. The summed E-state index contributed by atoms with van der Waals surface area (Å²) in [6, 6.07) is 19.9. The zero-order chi connectivity index (χ0) is 19.4. The van der Waals surface area contributed by atoms with Crippen LogP contribution < -0.4 is 0 Å². The number of benzene rings is 2. The summed E-state index contributed by atoms with van der Waals surface area (Å²) in [5.41, 5.74) is 3.06. The van der Waals surface area contributed by atoms with Gasteiger partial charge in [0.1, 0.15) is 0 Å². The van der Waals surface area contributed by atoms with Crippen LogP contribution in [0, 0.1) is 5.92 Å². The first kappa shape index (κ1) is 20.0. The van der Waals surface area contributed by atoms with Crippen molar-refractivity contribution < 1.29 is 5.11 Å². The van der Waals surface area contributed by atoms with E-state index in [2.05, 4.69) is 66.4 Å². The number of likely N-dealkylation sites (tertiary alicyclic amines) is 1. The first-order valence-corrected chi connectivity index (χ1v) is 11.9. The lowest BCUT2D eigenvalue weighted by atomic mass is 9.73. The number of hydrogen-bond acceptors (Lipinski definition) is 3. The van der Waals surface area contributed by atoms with E-state index >= 15 is 0 Å². The molecule has 0 aromatic heterocycles. The fourth-order valence-electron chi connectivity index (χ4n) is 5.13. The number of piperidine rings is 1. The van der Waals surface area contributed by atoms with Crippen LogP contribution in [0.2, 0.25) is 0 Å². The molecule has 2 aliphatic rings. The number of rotatable bonds is 5. The third-order valence-electron chi connectivity index (χ3n) is 6.77. The van der Waals surface area contributed by atoms with Gasteiger partial charge < -0.3 is 5.11 Å². The van der Waals surface area contributed by atoms with Crippen LogP contribution in [0.15, 0.2) is 59.5 Å². The first-order chi connectivity index (χ1) is 13.7. The molecule has 28 heavy (non-hydrogen) atoms. The quantitative estimate of drug-likeness (QED) is 0.643. The van der Waals surface area contributed by atoms with Gasteiger partial charge in [-0.05, 0) is 42.4 Å². The van der Waals surface area contributed by atoms with E-state index in [-0.39, 0.29) is 11.6 Å². The van der Waals surface area contributed by atoms with Crippen LogP contribution in [0.25, 0.3) is 0 Å². The molecule has 0 amide bonds. The van der Waals surface area contributed by atoms with E-state index in [1.807, 2.05) is 11.8 Å². The van der Waals surface area contributed by atoms with Crippen molar-refractivity contribution in [1.82, 2.24) is 4.90 Å². The van der Waals surface area contributed by atoms with E-state index in [0.717, 1.165) is 25.3 Å². The molecule has 1 aliphatic carbocycles. The maximum atomic E-state index is 10.3. The fraction of sp³-hybridized carbons (Fsp3) is 0.520. The normalized spacial score (nSPS) is 25.5. The van der Waals surface area contributed by atoms with Crippen molar-refractivity contribution >= 4 is 11.8 Å². The van der Waals surface area contributed by atoms with Gasteiger partial charge in [0.2, 0.25) is 0 Å². The standard InChI is InChI=1S/C25H33NOS/c1-20-18-26(17-14-23(20)27)25(15-8-3-9-16-25)22-12-6-7-13-24(22)28-19-21-10-4-2-5-11-21/h2,4-7,10-13,20,23,27H,3,8-9,14-19H2,1H3. The number of aliphatic hydroxyl groups excluding tert-OH is 1. The van der Waals surface area contributed by atoms with Crippen LogP contribution in [0.4, 0.5) is 0 Å². The molecule has 2 unspecified atom stereocenters. The predicted octanol–water partition coefficient (Wildman–Crippen LogP) is 5.84. The molecule has 0 bridgehead atoms. The lowest BCUT2D eigenvalue weighted by Gasteiger charge is -2.51. The number of aliphatic hydroxyl groups is 1. The van der Waals surface area contributed by atoms with Gasteiger partial charge in [-0.1, -0.05) is 74.7 Å². The first-order valence-electron chi connectivity index (χ1n) is 10.9. The highest BCUT2D eigenvalue weighted by atomic mass is 32.2. The van der Waals surface area contributed by atoms with Gasteiger partial charge in [-0.15, -0.1) is 11.8 Å². The van der Waals surface area contributed by atoms with Crippen molar-refractivity contribution in [3.8, 4) is 0 Å². The molecule has 1 saturated heterocycles. The third-order valence-corrected chi connectivity index (χ3v) is 7.92. The van der Waals surface area contributed by atoms with E-state index in [1.165, 1.54) is 48.1 Å². The SMILES string of the molecule is CC1CN(C2(c3ccccc3SCc3ccccc3)CCCCC2)CCC1O. The van der Waals surface area contributed by atoms with Crippen molar-refractivity contribution in [3.63, 3.8) is 0 Å². The highest BCUT2D eigenvalue weighted by molar-refractivity contribution is 7.98. The maximum absolute atomic E-state index is 10.3. The predicted molar refractivity (Wildman–Crippen MR) is 119 cm³/mol. The van der Waals surface area contributed by atoms with Gasteiger partial charge in [0, 0.05) is 29.3 Å². The van der Waals surface area contributed by atoms with E-state index in [9.17, 15) is 5.11 Å². The van der Waals surface area contributed by atoms with Crippen LogP contribution in [0.3, 0.4) is 0 Å². The second kappa shape index (κ2) is 9.02. The van der Waals surface area contributed by atoms with Crippen molar-refractivity contribution in [3.05, 3.63) is 65.7 Å². The summed E-state index contributed by atoms with van der Waals surface area (Å²) in [6.07, 6.45) is 7.24. The Hall–Kier alpha value is -1.29. The Labute approximate surface area is 174 Å². The Bertz CT molecular complexity index is 756. The topological polar surface area (TPSA) is 23.5 Å². The summed E-state index contributed by atoms with van der Waals surface area (Å²) in [5.74, 6) is 1.37. The largest absolute Gasteiger partial charge is 0.393 e. The third kappa shape index (κ3) is 4.17. The molecule has 1 N–H and O–H groups in total. The Morgan fingerprint density at radius 3 is 2.46 bits per heavy atom. The summed E-state index contributed by atoms with van der Waals surface area (Å²) in [6.45, 7) is 4.24. The minimum absolute atomic E-state index is 0.139. The molecule has 2 fully saturated rings. The van der Waals surface area contributed by atoms with Gasteiger partial charge in [0.15, 0.2) is 0 Å². The minimum Gasteiger partial charge on any atom is -0.393 e. The fourth-order valence-corrected chi connectivity index (χ4v) is 6.23.